The van der Waals surface area contributed by atoms with E-state index < -0.39 is 10.2 Å². The Morgan fingerprint density at radius 1 is 1.65 bits per heavy atom. The lowest BCUT2D eigenvalue weighted by Gasteiger charge is -2.31. The van der Waals surface area contributed by atoms with Crippen molar-refractivity contribution in [2.45, 2.75) is 12.8 Å². The van der Waals surface area contributed by atoms with E-state index >= 15 is 0 Å². The lowest BCUT2D eigenvalue weighted by atomic mass is 10.0. The predicted molar refractivity (Wildman–Crippen MR) is 69.9 cm³/mol. The number of nitrogens with one attached hydrogen (secondary N) is 1. The van der Waals surface area contributed by atoms with Gasteiger partial charge in [0, 0.05) is 32.7 Å². The molecule has 1 aliphatic rings. The highest BCUT2D eigenvalue weighted by Crippen LogP contribution is 2.18. The van der Waals surface area contributed by atoms with Gasteiger partial charge >= 0.3 is 0 Å². The Morgan fingerprint density at radius 2 is 2.35 bits per heavy atom. The topological polar surface area (TPSA) is 84.7 Å². The lowest BCUT2D eigenvalue weighted by molar-refractivity contribution is 0.203. The number of nitrogens with zero attached hydrogens (tertiary/aromatic N) is 1. The van der Waals surface area contributed by atoms with Crippen LogP contribution in [0.1, 0.15) is 12.8 Å². The average Bonchev–Trinajstić information content (AvgIpc) is 2.29. The zero-order chi connectivity index (χ0) is 12.9. The zero-order valence-electron chi connectivity index (χ0n) is 9.89. The molecular weight excluding hydrogens is 262 g/mol. The van der Waals surface area contributed by atoms with Gasteiger partial charge in [-0.15, -0.1) is 0 Å². The molecule has 0 saturated carbocycles. The van der Waals surface area contributed by atoms with E-state index in [4.69, 9.17) is 22.7 Å². The van der Waals surface area contributed by atoms with E-state index in [1.54, 1.807) is 0 Å². The lowest BCUT2D eigenvalue weighted by Crippen LogP contribution is -2.48. The first-order valence-corrected chi connectivity index (χ1v) is 7.35. The van der Waals surface area contributed by atoms with E-state index in [0.717, 1.165) is 12.8 Å². The van der Waals surface area contributed by atoms with Crippen molar-refractivity contribution in [1.82, 2.24) is 9.03 Å². The Labute approximate surface area is 108 Å². The molecule has 0 aromatic heterocycles. The highest BCUT2D eigenvalue weighted by Gasteiger charge is 2.29. The second-order valence-electron chi connectivity index (χ2n) is 3.99. The molecule has 0 aromatic carbocycles. The minimum absolute atomic E-state index is 0.0160. The van der Waals surface area contributed by atoms with E-state index in [-0.39, 0.29) is 12.5 Å². The van der Waals surface area contributed by atoms with Crippen molar-refractivity contribution < 1.29 is 13.2 Å². The van der Waals surface area contributed by atoms with Crippen LogP contribution < -0.4 is 10.5 Å². The molecule has 1 rings (SSSR count). The van der Waals surface area contributed by atoms with Gasteiger partial charge in [-0.05, 0) is 12.8 Å². The fourth-order valence-corrected chi connectivity index (χ4v) is 3.22. The molecule has 1 aliphatic heterocycles. The van der Waals surface area contributed by atoms with Gasteiger partial charge in [-0.25, -0.2) is 0 Å². The number of nitrogens with two attached hydrogens (primary N) is 1. The number of piperidine rings is 1. The molecule has 0 amide bonds. The predicted octanol–water partition coefficient (Wildman–Crippen LogP) is -0.535. The molecule has 0 aromatic rings. The van der Waals surface area contributed by atoms with Gasteiger partial charge in [0.25, 0.3) is 10.2 Å². The minimum Gasteiger partial charge on any atom is -0.393 e. The second kappa shape index (κ2) is 6.60. The van der Waals surface area contributed by atoms with Crippen molar-refractivity contribution in [3.05, 3.63) is 0 Å². The summed E-state index contributed by atoms with van der Waals surface area (Å²) in [6.07, 6.45) is 1.65. The van der Waals surface area contributed by atoms with Crippen LogP contribution in [0.15, 0.2) is 0 Å². The largest absolute Gasteiger partial charge is 0.393 e. The Morgan fingerprint density at radius 3 is 2.94 bits per heavy atom. The van der Waals surface area contributed by atoms with Crippen molar-refractivity contribution >= 4 is 27.4 Å². The third-order valence-electron chi connectivity index (χ3n) is 2.72. The van der Waals surface area contributed by atoms with Crippen LogP contribution in [0.3, 0.4) is 0 Å². The molecule has 0 radical (unpaired) electrons. The van der Waals surface area contributed by atoms with Gasteiger partial charge in [-0.2, -0.15) is 17.4 Å². The van der Waals surface area contributed by atoms with Gasteiger partial charge < -0.3 is 10.5 Å². The van der Waals surface area contributed by atoms with Gasteiger partial charge in [-0.1, -0.05) is 12.2 Å². The number of thiocarbonyl (C=S) groups is 1. The standard InChI is InChI=1S/C9H19N3O3S2/c1-15-6-4-11-17(13,14)12-5-2-3-8(7-12)9(10)16/h8,11H,2-7H2,1H3,(H2,10,16). The summed E-state index contributed by atoms with van der Waals surface area (Å²) in [7, 11) is -1.91. The number of hydrogen-bond acceptors (Lipinski definition) is 4. The number of hydrogen-bond donors (Lipinski definition) is 2. The van der Waals surface area contributed by atoms with Gasteiger partial charge in [0.1, 0.15) is 0 Å². The Hall–Kier alpha value is -0.280. The van der Waals surface area contributed by atoms with Crippen LogP contribution in [0, 0.1) is 5.92 Å². The molecule has 100 valence electrons. The first kappa shape index (κ1) is 14.8. The van der Waals surface area contributed by atoms with Crippen molar-refractivity contribution in [1.29, 1.82) is 0 Å². The summed E-state index contributed by atoms with van der Waals surface area (Å²) in [6.45, 7) is 1.51. The van der Waals surface area contributed by atoms with Crippen molar-refractivity contribution in [2.24, 2.45) is 11.7 Å². The number of ether oxygens (including phenoxy) is 1. The maximum absolute atomic E-state index is 11.9. The van der Waals surface area contributed by atoms with Crippen LogP contribution in [-0.4, -0.2) is 51.1 Å². The normalized spacial score (nSPS) is 22.5. The summed E-state index contributed by atoms with van der Waals surface area (Å²) in [5, 5.41) is 0. The van der Waals surface area contributed by atoms with E-state index in [1.165, 1.54) is 11.4 Å². The molecular formula is C9H19N3O3S2. The molecule has 1 saturated heterocycles. The SMILES string of the molecule is COCCNS(=O)(=O)N1CCCC(C(N)=S)C1. The Balaban J connectivity index is 2.55. The molecule has 17 heavy (non-hydrogen) atoms. The molecule has 0 spiro atoms. The highest BCUT2D eigenvalue weighted by molar-refractivity contribution is 7.87. The van der Waals surface area contributed by atoms with Gasteiger partial charge in [0.2, 0.25) is 0 Å². The van der Waals surface area contributed by atoms with E-state index in [9.17, 15) is 8.42 Å². The summed E-state index contributed by atoms with van der Waals surface area (Å²) >= 11 is 4.91. The van der Waals surface area contributed by atoms with Crippen LogP contribution in [0.25, 0.3) is 0 Å². The quantitative estimate of drug-likeness (QED) is 0.505. The zero-order valence-corrected chi connectivity index (χ0v) is 11.5. The summed E-state index contributed by atoms with van der Waals surface area (Å²) in [4.78, 5) is 0.391. The molecule has 1 atom stereocenters. The molecule has 3 N–H and O–H groups in total. The van der Waals surface area contributed by atoms with Crippen LogP contribution >= 0.6 is 12.2 Å². The van der Waals surface area contributed by atoms with Crippen molar-refractivity contribution in [3.63, 3.8) is 0 Å². The molecule has 0 aliphatic carbocycles. The maximum atomic E-state index is 11.9. The molecule has 1 unspecified atom stereocenters. The summed E-state index contributed by atoms with van der Waals surface area (Å²) in [6, 6.07) is 0. The van der Waals surface area contributed by atoms with E-state index in [1.807, 2.05) is 0 Å². The Kier molecular flexibility index (Phi) is 5.74. The Bertz CT molecular complexity index is 358. The maximum Gasteiger partial charge on any atom is 0.279 e. The van der Waals surface area contributed by atoms with E-state index in [0.29, 0.717) is 24.7 Å². The molecule has 6 nitrogen and oxygen atoms in total. The first-order valence-electron chi connectivity index (χ1n) is 5.50. The van der Waals surface area contributed by atoms with Crippen molar-refractivity contribution in [3.8, 4) is 0 Å². The number of rotatable bonds is 6. The van der Waals surface area contributed by atoms with Crippen LogP contribution in [0.5, 0.6) is 0 Å². The monoisotopic (exact) mass is 281 g/mol. The van der Waals surface area contributed by atoms with Gasteiger partial charge in [0.15, 0.2) is 0 Å². The van der Waals surface area contributed by atoms with Crippen LogP contribution in [0.4, 0.5) is 0 Å². The molecule has 8 heteroatoms. The third-order valence-corrected chi connectivity index (χ3v) is 4.63. The molecule has 1 heterocycles. The van der Waals surface area contributed by atoms with Crippen LogP contribution in [-0.2, 0) is 14.9 Å². The highest BCUT2D eigenvalue weighted by atomic mass is 32.2. The van der Waals surface area contributed by atoms with Gasteiger partial charge in [-0.3, -0.25) is 0 Å². The summed E-state index contributed by atoms with van der Waals surface area (Å²) in [5.41, 5.74) is 5.56. The van der Waals surface area contributed by atoms with Gasteiger partial charge in [0.05, 0.1) is 11.6 Å². The molecule has 0 bridgehead atoms. The fraction of sp³-hybridized carbons (Fsp3) is 0.889. The van der Waals surface area contributed by atoms with Crippen molar-refractivity contribution in [2.75, 3.05) is 33.4 Å². The average molecular weight is 281 g/mol. The second-order valence-corrected chi connectivity index (χ2v) is 6.22. The summed E-state index contributed by atoms with van der Waals surface area (Å²) < 4.78 is 32.5. The smallest absolute Gasteiger partial charge is 0.279 e. The first-order chi connectivity index (χ1) is 7.97. The molecule has 1 fully saturated rings. The minimum atomic E-state index is -3.43. The number of methoxy groups -OCH3 is 1. The third kappa shape index (κ3) is 4.47. The van der Waals surface area contributed by atoms with Crippen LogP contribution in [0.2, 0.25) is 0 Å². The summed E-state index contributed by atoms with van der Waals surface area (Å²) in [5.74, 6) is -0.0160. The fourth-order valence-electron chi connectivity index (χ4n) is 1.76. The van der Waals surface area contributed by atoms with E-state index in [2.05, 4.69) is 4.72 Å².